The van der Waals surface area contributed by atoms with E-state index in [2.05, 4.69) is 5.32 Å². The van der Waals surface area contributed by atoms with Gasteiger partial charge >= 0.3 is 0 Å². The number of sulfone groups is 1. The Balaban J connectivity index is 2.32. The van der Waals surface area contributed by atoms with Crippen molar-refractivity contribution in [2.45, 2.75) is 31.9 Å². The lowest BCUT2D eigenvalue weighted by Crippen LogP contribution is -2.35. The van der Waals surface area contributed by atoms with Crippen molar-refractivity contribution in [1.29, 1.82) is 0 Å². The molecular weight excluding hydrogens is 265 g/mol. The molecule has 1 aromatic rings. The van der Waals surface area contributed by atoms with Gasteiger partial charge in [0.05, 0.1) is 10.5 Å². The van der Waals surface area contributed by atoms with Crippen LogP contribution < -0.4 is 5.32 Å². The summed E-state index contributed by atoms with van der Waals surface area (Å²) in [6.45, 7) is 6.06. The van der Waals surface area contributed by atoms with Crippen LogP contribution in [0.15, 0.2) is 24.3 Å². The zero-order valence-electron chi connectivity index (χ0n) is 11.7. The molecule has 0 saturated heterocycles. The van der Waals surface area contributed by atoms with Crippen molar-refractivity contribution in [2.75, 3.05) is 18.8 Å². The molecule has 0 aliphatic heterocycles. The molecule has 1 rings (SSSR count). The predicted octanol–water partition coefficient (Wildman–Crippen LogP) is 2.17. The van der Waals surface area contributed by atoms with Gasteiger partial charge in [-0.15, -0.1) is 0 Å². The fraction of sp³-hybridized carbons (Fsp3) is 0.571. The molecule has 0 amide bonds. The Labute approximate surface area is 115 Å². The summed E-state index contributed by atoms with van der Waals surface area (Å²) in [7, 11) is -3.09. The Morgan fingerprint density at radius 1 is 1.16 bits per heavy atom. The molecule has 3 nitrogen and oxygen atoms in total. The summed E-state index contributed by atoms with van der Waals surface area (Å²) in [5, 5.41) is 3.04. The van der Waals surface area contributed by atoms with Gasteiger partial charge < -0.3 is 5.32 Å². The Morgan fingerprint density at radius 3 is 2.37 bits per heavy atom. The summed E-state index contributed by atoms with van der Waals surface area (Å²) in [5.74, 6) is -0.111. The lowest BCUT2D eigenvalue weighted by molar-refractivity contribution is 0.555. The van der Waals surface area contributed by atoms with Gasteiger partial charge in [-0.1, -0.05) is 18.2 Å². The van der Waals surface area contributed by atoms with E-state index in [4.69, 9.17) is 0 Å². The average molecular weight is 287 g/mol. The van der Waals surface area contributed by atoms with Crippen molar-refractivity contribution in [1.82, 2.24) is 5.32 Å². The van der Waals surface area contributed by atoms with Gasteiger partial charge in [-0.25, -0.2) is 12.8 Å². The maximum atomic E-state index is 13.3. The van der Waals surface area contributed by atoms with Gasteiger partial charge in [0.25, 0.3) is 0 Å². The van der Waals surface area contributed by atoms with E-state index < -0.39 is 14.6 Å². The minimum atomic E-state index is -3.09. The van der Waals surface area contributed by atoms with Crippen molar-refractivity contribution >= 4 is 9.84 Å². The molecule has 0 unspecified atom stereocenters. The summed E-state index contributed by atoms with van der Waals surface area (Å²) in [6, 6.07) is 6.62. The maximum Gasteiger partial charge on any atom is 0.156 e. The Hall–Kier alpha value is -0.940. The largest absolute Gasteiger partial charge is 0.315 e. The molecular formula is C14H22FNO2S. The zero-order valence-corrected chi connectivity index (χ0v) is 12.6. The van der Waals surface area contributed by atoms with Crippen LogP contribution in [0.2, 0.25) is 0 Å². The first-order valence-corrected chi connectivity index (χ1v) is 8.06. The van der Waals surface area contributed by atoms with Gasteiger partial charge in [0.1, 0.15) is 5.82 Å². The molecule has 0 aliphatic carbocycles. The highest BCUT2D eigenvalue weighted by Gasteiger charge is 2.27. The molecule has 0 bridgehead atoms. The molecule has 0 radical (unpaired) electrons. The summed E-state index contributed by atoms with van der Waals surface area (Å²) in [5.41, 5.74) is 0.647. The number of benzene rings is 1. The zero-order chi connectivity index (χ0) is 14.5. The van der Waals surface area contributed by atoms with Crippen molar-refractivity contribution in [3.05, 3.63) is 35.6 Å². The normalized spacial score (nSPS) is 12.6. The van der Waals surface area contributed by atoms with Crippen LogP contribution in [0, 0.1) is 5.82 Å². The first-order chi connectivity index (χ1) is 8.74. The van der Waals surface area contributed by atoms with Crippen LogP contribution in [0.5, 0.6) is 0 Å². The maximum absolute atomic E-state index is 13.3. The van der Waals surface area contributed by atoms with Crippen LogP contribution in [-0.2, 0) is 16.3 Å². The van der Waals surface area contributed by atoms with Crippen LogP contribution >= 0.6 is 0 Å². The van der Waals surface area contributed by atoms with E-state index in [-0.39, 0.29) is 11.6 Å². The third kappa shape index (κ3) is 4.91. The third-order valence-electron chi connectivity index (χ3n) is 3.01. The summed E-state index contributed by atoms with van der Waals surface area (Å²) >= 11 is 0. The van der Waals surface area contributed by atoms with Crippen molar-refractivity contribution < 1.29 is 12.8 Å². The van der Waals surface area contributed by atoms with Crippen LogP contribution in [0.1, 0.15) is 26.3 Å². The molecule has 0 atom stereocenters. The number of halogens is 1. The Bertz CT molecular complexity index is 506. The standard InChI is InChI=1S/C14H22FNO2S/c1-14(2,3)19(17,18)11-10-16-9-8-12-6-4-5-7-13(12)15/h4-7,16H,8-11H2,1-3H3. The van der Waals surface area contributed by atoms with Crippen molar-refractivity contribution in [2.24, 2.45) is 0 Å². The second-order valence-electron chi connectivity index (χ2n) is 5.52. The molecule has 0 aliphatic rings. The lowest BCUT2D eigenvalue weighted by atomic mass is 10.1. The van der Waals surface area contributed by atoms with Gasteiger partial charge in [0.15, 0.2) is 9.84 Å². The van der Waals surface area contributed by atoms with E-state index >= 15 is 0 Å². The van der Waals surface area contributed by atoms with Gasteiger partial charge in [-0.05, 0) is 45.4 Å². The number of hydrogen-bond acceptors (Lipinski definition) is 3. The van der Waals surface area contributed by atoms with Crippen LogP contribution in [-0.4, -0.2) is 32.0 Å². The average Bonchev–Trinajstić information content (AvgIpc) is 2.29. The quantitative estimate of drug-likeness (QED) is 0.816. The molecule has 0 spiro atoms. The molecule has 0 heterocycles. The van der Waals surface area contributed by atoms with Gasteiger partial charge in [-0.2, -0.15) is 0 Å². The molecule has 0 fully saturated rings. The molecule has 0 aromatic heterocycles. The van der Waals surface area contributed by atoms with E-state index in [0.717, 1.165) is 0 Å². The second kappa shape index (κ2) is 6.48. The minimum absolute atomic E-state index is 0.105. The first kappa shape index (κ1) is 16.1. The smallest absolute Gasteiger partial charge is 0.156 e. The van der Waals surface area contributed by atoms with E-state index in [1.165, 1.54) is 6.07 Å². The second-order valence-corrected chi connectivity index (χ2v) is 8.39. The lowest BCUT2D eigenvalue weighted by Gasteiger charge is -2.19. The van der Waals surface area contributed by atoms with Crippen molar-refractivity contribution in [3.8, 4) is 0 Å². The molecule has 1 aromatic carbocycles. The fourth-order valence-electron chi connectivity index (χ4n) is 1.56. The number of hydrogen-bond donors (Lipinski definition) is 1. The first-order valence-electron chi connectivity index (χ1n) is 6.40. The molecule has 1 N–H and O–H groups in total. The van der Waals surface area contributed by atoms with E-state index in [1.54, 1.807) is 39.0 Å². The Morgan fingerprint density at radius 2 is 1.79 bits per heavy atom. The highest BCUT2D eigenvalue weighted by molar-refractivity contribution is 7.92. The highest BCUT2D eigenvalue weighted by atomic mass is 32.2. The Kier molecular flexibility index (Phi) is 5.50. The van der Waals surface area contributed by atoms with E-state index in [9.17, 15) is 12.8 Å². The number of rotatable bonds is 6. The van der Waals surface area contributed by atoms with Crippen LogP contribution in [0.3, 0.4) is 0 Å². The SMILES string of the molecule is CC(C)(C)S(=O)(=O)CCNCCc1ccccc1F. The molecule has 5 heteroatoms. The van der Waals surface area contributed by atoms with Gasteiger partial charge in [0, 0.05) is 6.54 Å². The highest BCUT2D eigenvalue weighted by Crippen LogP contribution is 2.15. The predicted molar refractivity (Wildman–Crippen MR) is 76.5 cm³/mol. The van der Waals surface area contributed by atoms with Crippen molar-refractivity contribution in [3.63, 3.8) is 0 Å². The molecule has 19 heavy (non-hydrogen) atoms. The summed E-state index contributed by atoms with van der Waals surface area (Å²) in [6.07, 6.45) is 0.558. The minimum Gasteiger partial charge on any atom is -0.315 e. The third-order valence-corrected chi connectivity index (χ3v) is 5.62. The van der Waals surface area contributed by atoms with Gasteiger partial charge in [-0.3, -0.25) is 0 Å². The molecule has 108 valence electrons. The summed E-state index contributed by atoms with van der Waals surface area (Å²) < 4.78 is 36.3. The summed E-state index contributed by atoms with van der Waals surface area (Å²) in [4.78, 5) is 0. The topological polar surface area (TPSA) is 46.2 Å². The van der Waals surface area contributed by atoms with Gasteiger partial charge in [0.2, 0.25) is 0 Å². The van der Waals surface area contributed by atoms with Crippen LogP contribution in [0.4, 0.5) is 4.39 Å². The molecule has 0 saturated carbocycles. The van der Waals surface area contributed by atoms with E-state index in [0.29, 0.717) is 25.1 Å². The van der Waals surface area contributed by atoms with E-state index in [1.807, 2.05) is 0 Å². The van der Waals surface area contributed by atoms with Crippen LogP contribution in [0.25, 0.3) is 0 Å². The number of nitrogens with one attached hydrogen (secondary N) is 1. The monoisotopic (exact) mass is 287 g/mol. The fourth-order valence-corrected chi connectivity index (χ4v) is 2.59.